The Morgan fingerprint density at radius 1 is 1.62 bits per heavy atom. The zero-order chi connectivity index (χ0) is 15.2. The third-order valence-corrected chi connectivity index (χ3v) is 5.09. The molecule has 0 aliphatic carbocycles. The highest BCUT2D eigenvalue weighted by Gasteiger charge is 2.22. The number of rotatable bonds is 7. The Kier molecular flexibility index (Phi) is 6.17. The number of amides is 1. The first-order valence-corrected chi connectivity index (χ1v) is 8.30. The van der Waals surface area contributed by atoms with Gasteiger partial charge in [-0.2, -0.15) is 0 Å². The van der Waals surface area contributed by atoms with E-state index >= 15 is 0 Å². The quantitative estimate of drug-likeness (QED) is 0.787. The van der Waals surface area contributed by atoms with E-state index in [1.54, 1.807) is 7.11 Å². The largest absolute Gasteiger partial charge is 0.380 e. The van der Waals surface area contributed by atoms with Gasteiger partial charge in [0.05, 0.1) is 12.5 Å². The molecule has 0 radical (unpaired) electrons. The zero-order valence-electron chi connectivity index (χ0n) is 12.8. The molecule has 1 aromatic rings. The minimum absolute atomic E-state index is 0.00684. The van der Waals surface area contributed by atoms with Crippen LogP contribution in [0.15, 0.2) is 11.4 Å². The molecule has 0 saturated heterocycles. The molecule has 0 aromatic carbocycles. The summed E-state index contributed by atoms with van der Waals surface area (Å²) >= 11 is 1.85. The first-order chi connectivity index (χ1) is 10.1. The van der Waals surface area contributed by atoms with Crippen molar-refractivity contribution in [3.05, 3.63) is 21.9 Å². The molecule has 118 valence electrons. The predicted molar refractivity (Wildman–Crippen MR) is 85.4 cm³/mol. The number of carbonyl (C=O) groups excluding carboxylic acids is 1. The minimum atomic E-state index is -0.191. The average Bonchev–Trinajstić information content (AvgIpc) is 2.97. The predicted octanol–water partition coefficient (Wildman–Crippen LogP) is 0.975. The molecule has 5 nitrogen and oxygen atoms in total. The van der Waals surface area contributed by atoms with Crippen molar-refractivity contribution in [2.45, 2.75) is 38.5 Å². The number of thiophene rings is 1. The molecule has 1 amide bonds. The highest BCUT2D eigenvalue weighted by molar-refractivity contribution is 7.10. The highest BCUT2D eigenvalue weighted by Crippen LogP contribution is 2.24. The summed E-state index contributed by atoms with van der Waals surface area (Å²) in [5, 5.41) is 5.15. The number of methoxy groups -OCH3 is 1. The van der Waals surface area contributed by atoms with Crippen LogP contribution in [0.5, 0.6) is 0 Å². The summed E-state index contributed by atoms with van der Waals surface area (Å²) in [6, 6.07) is 2.54. The highest BCUT2D eigenvalue weighted by atomic mass is 32.1. The average molecular weight is 311 g/mol. The van der Waals surface area contributed by atoms with Gasteiger partial charge in [0.25, 0.3) is 0 Å². The summed E-state index contributed by atoms with van der Waals surface area (Å²) < 4.78 is 5.13. The van der Waals surface area contributed by atoms with E-state index in [4.69, 9.17) is 10.5 Å². The van der Waals surface area contributed by atoms with Crippen LogP contribution in [-0.2, 0) is 22.5 Å². The van der Waals surface area contributed by atoms with E-state index in [1.807, 2.05) is 11.3 Å². The molecule has 2 atom stereocenters. The molecule has 2 rings (SSSR count). The van der Waals surface area contributed by atoms with Crippen LogP contribution in [0.4, 0.5) is 0 Å². The van der Waals surface area contributed by atoms with Crippen LogP contribution >= 0.6 is 11.3 Å². The molecular formula is C15H25N3O2S. The number of nitrogens with one attached hydrogen (secondary N) is 1. The first-order valence-electron chi connectivity index (χ1n) is 7.43. The van der Waals surface area contributed by atoms with E-state index in [9.17, 15) is 4.79 Å². The van der Waals surface area contributed by atoms with Gasteiger partial charge in [-0.25, -0.2) is 0 Å². The second-order valence-electron chi connectivity index (χ2n) is 5.54. The number of nitrogens with two attached hydrogens (primary N) is 1. The lowest BCUT2D eigenvalue weighted by Gasteiger charge is -2.32. The summed E-state index contributed by atoms with van der Waals surface area (Å²) in [6.45, 7) is 5.24. The third-order valence-electron chi connectivity index (χ3n) is 4.06. The summed E-state index contributed by atoms with van der Waals surface area (Å²) in [4.78, 5) is 15.8. The minimum Gasteiger partial charge on any atom is -0.380 e. The summed E-state index contributed by atoms with van der Waals surface area (Å²) in [5.41, 5.74) is 6.96. The maximum absolute atomic E-state index is 11.9. The van der Waals surface area contributed by atoms with Gasteiger partial charge >= 0.3 is 0 Å². The van der Waals surface area contributed by atoms with Crippen molar-refractivity contribution in [3.63, 3.8) is 0 Å². The van der Waals surface area contributed by atoms with Crippen molar-refractivity contribution in [3.8, 4) is 0 Å². The Balaban J connectivity index is 1.75. The Morgan fingerprint density at radius 3 is 3.14 bits per heavy atom. The molecule has 0 bridgehead atoms. The van der Waals surface area contributed by atoms with Crippen LogP contribution in [0, 0.1) is 0 Å². The van der Waals surface area contributed by atoms with Crippen LogP contribution in [0.3, 0.4) is 0 Å². The lowest BCUT2D eigenvalue weighted by Crippen LogP contribution is -2.44. The van der Waals surface area contributed by atoms with E-state index < -0.39 is 0 Å². The maximum atomic E-state index is 11.9. The van der Waals surface area contributed by atoms with Gasteiger partial charge < -0.3 is 15.8 Å². The van der Waals surface area contributed by atoms with Crippen LogP contribution < -0.4 is 11.1 Å². The van der Waals surface area contributed by atoms with Gasteiger partial charge in [-0.3, -0.25) is 9.69 Å². The molecule has 2 heterocycles. The van der Waals surface area contributed by atoms with Crippen molar-refractivity contribution in [2.75, 3.05) is 26.7 Å². The standard InChI is InChI=1S/C15H25N3O2S/c1-11(9-17-15(19)7-13(8-16)20-2)18-5-3-14-12(10-18)4-6-21-14/h4,6,11,13H,3,5,7-10,16H2,1-2H3,(H,17,19). The number of hydrogen-bond acceptors (Lipinski definition) is 5. The van der Waals surface area contributed by atoms with Gasteiger partial charge in [-0.05, 0) is 30.4 Å². The second kappa shape index (κ2) is 7.89. The molecule has 3 N–H and O–H groups in total. The molecule has 21 heavy (non-hydrogen) atoms. The number of nitrogens with zero attached hydrogens (tertiary/aromatic N) is 1. The van der Waals surface area contributed by atoms with E-state index in [0.717, 1.165) is 19.5 Å². The summed E-state index contributed by atoms with van der Waals surface area (Å²) in [6.07, 6.45) is 1.25. The molecule has 0 saturated carbocycles. The van der Waals surface area contributed by atoms with Crippen molar-refractivity contribution < 1.29 is 9.53 Å². The van der Waals surface area contributed by atoms with E-state index in [-0.39, 0.29) is 12.0 Å². The van der Waals surface area contributed by atoms with Crippen molar-refractivity contribution in [1.29, 1.82) is 0 Å². The van der Waals surface area contributed by atoms with Crippen molar-refractivity contribution >= 4 is 17.2 Å². The molecule has 2 unspecified atom stereocenters. The first kappa shape index (κ1) is 16.4. The van der Waals surface area contributed by atoms with Crippen molar-refractivity contribution in [2.24, 2.45) is 5.73 Å². The Bertz CT molecular complexity index is 460. The van der Waals surface area contributed by atoms with Crippen LogP contribution in [0.2, 0.25) is 0 Å². The number of fused-ring (bicyclic) bond motifs is 1. The number of ether oxygens (including phenoxy) is 1. The van der Waals surface area contributed by atoms with Gasteiger partial charge in [0.15, 0.2) is 0 Å². The molecule has 1 aliphatic rings. The number of carbonyl (C=O) groups is 1. The van der Waals surface area contributed by atoms with Crippen molar-refractivity contribution in [1.82, 2.24) is 10.2 Å². The van der Waals surface area contributed by atoms with Crippen LogP contribution in [0.25, 0.3) is 0 Å². The van der Waals surface area contributed by atoms with Crippen LogP contribution in [0.1, 0.15) is 23.8 Å². The zero-order valence-corrected chi connectivity index (χ0v) is 13.6. The SMILES string of the molecule is COC(CN)CC(=O)NCC(C)N1CCc2sccc2C1. The molecule has 6 heteroatoms. The molecule has 1 aliphatic heterocycles. The molecule has 0 fully saturated rings. The topological polar surface area (TPSA) is 67.6 Å². The summed E-state index contributed by atoms with van der Waals surface area (Å²) in [5.74, 6) is 0.00684. The van der Waals surface area contributed by atoms with E-state index in [1.165, 1.54) is 10.4 Å². The third kappa shape index (κ3) is 4.51. The number of hydrogen-bond donors (Lipinski definition) is 2. The van der Waals surface area contributed by atoms with Gasteiger partial charge in [0.2, 0.25) is 5.91 Å². The monoisotopic (exact) mass is 311 g/mol. The molecular weight excluding hydrogens is 286 g/mol. The lowest BCUT2D eigenvalue weighted by molar-refractivity contribution is -0.123. The fraction of sp³-hybridized carbons (Fsp3) is 0.667. The Hall–Kier alpha value is -0.950. The van der Waals surface area contributed by atoms with Gasteiger partial charge in [0, 0.05) is 44.2 Å². The summed E-state index contributed by atoms with van der Waals surface area (Å²) in [7, 11) is 1.58. The Morgan fingerprint density at radius 2 is 2.43 bits per heavy atom. The maximum Gasteiger partial charge on any atom is 0.222 e. The molecule has 1 aromatic heterocycles. The fourth-order valence-corrected chi connectivity index (χ4v) is 3.47. The smallest absolute Gasteiger partial charge is 0.222 e. The Labute approximate surface area is 130 Å². The van der Waals surface area contributed by atoms with Gasteiger partial charge in [-0.15, -0.1) is 11.3 Å². The van der Waals surface area contributed by atoms with E-state index in [2.05, 4.69) is 28.6 Å². The second-order valence-corrected chi connectivity index (χ2v) is 6.54. The van der Waals surface area contributed by atoms with Gasteiger partial charge in [0.1, 0.15) is 0 Å². The molecule has 0 spiro atoms. The van der Waals surface area contributed by atoms with Gasteiger partial charge in [-0.1, -0.05) is 0 Å². The lowest BCUT2D eigenvalue weighted by atomic mass is 10.1. The van der Waals surface area contributed by atoms with Crippen LogP contribution in [-0.4, -0.2) is 49.7 Å². The van der Waals surface area contributed by atoms with E-state index in [0.29, 0.717) is 25.6 Å². The normalized spacial score (nSPS) is 18.0. The fourth-order valence-electron chi connectivity index (χ4n) is 2.58.